The Morgan fingerprint density at radius 2 is 2.11 bits per heavy atom. The Morgan fingerprint density at radius 1 is 1.32 bits per heavy atom. The highest BCUT2D eigenvalue weighted by Crippen LogP contribution is 2.32. The molecule has 0 saturated heterocycles. The summed E-state index contributed by atoms with van der Waals surface area (Å²) in [5.74, 6) is 0.405. The first-order chi connectivity index (χ1) is 13.3. The molecule has 1 aliphatic carbocycles. The van der Waals surface area contributed by atoms with Crippen molar-refractivity contribution in [3.63, 3.8) is 0 Å². The van der Waals surface area contributed by atoms with Gasteiger partial charge in [-0.05, 0) is 42.9 Å². The second-order valence-electron chi connectivity index (χ2n) is 6.82. The van der Waals surface area contributed by atoms with Crippen LogP contribution < -0.4 is 10.0 Å². The first-order valence-corrected chi connectivity index (χ1v) is 11.2. The van der Waals surface area contributed by atoms with Crippen LogP contribution in [0.25, 0.3) is 0 Å². The van der Waals surface area contributed by atoms with E-state index in [9.17, 15) is 23.3 Å². The summed E-state index contributed by atoms with van der Waals surface area (Å²) in [7, 11) is -3.89. The maximum atomic E-state index is 12.3. The van der Waals surface area contributed by atoms with Gasteiger partial charge in [-0.1, -0.05) is 13.0 Å². The molecule has 2 N–H and O–H groups in total. The van der Waals surface area contributed by atoms with E-state index in [0.29, 0.717) is 10.8 Å². The number of nitrogens with one attached hydrogen (secondary N) is 2. The molecule has 1 atom stereocenters. The van der Waals surface area contributed by atoms with Gasteiger partial charge in [0.25, 0.3) is 11.6 Å². The molecule has 1 aromatic heterocycles. The van der Waals surface area contributed by atoms with Crippen molar-refractivity contribution in [3.8, 4) is 0 Å². The quantitative estimate of drug-likeness (QED) is 0.403. The van der Waals surface area contributed by atoms with E-state index >= 15 is 0 Å². The Hall–Kier alpha value is -2.30. The summed E-state index contributed by atoms with van der Waals surface area (Å²) < 4.78 is 26.8. The molecule has 0 saturated carbocycles. The van der Waals surface area contributed by atoms with Crippen molar-refractivity contribution < 1.29 is 18.1 Å². The van der Waals surface area contributed by atoms with Gasteiger partial charge in [-0.15, -0.1) is 11.3 Å². The fraction of sp³-hybridized carbons (Fsp3) is 0.389. The molecule has 0 fully saturated rings. The molecule has 0 spiro atoms. The summed E-state index contributed by atoms with van der Waals surface area (Å²) in [4.78, 5) is 24.1. The third-order valence-electron chi connectivity index (χ3n) is 4.59. The molecular weight excluding hydrogens is 402 g/mol. The van der Waals surface area contributed by atoms with E-state index in [-0.39, 0.29) is 29.6 Å². The van der Waals surface area contributed by atoms with Crippen LogP contribution in [0.5, 0.6) is 0 Å². The van der Waals surface area contributed by atoms with Crippen molar-refractivity contribution in [1.29, 1.82) is 0 Å². The third-order valence-corrected chi connectivity index (χ3v) is 7.29. The van der Waals surface area contributed by atoms with Crippen LogP contribution in [0.2, 0.25) is 0 Å². The van der Waals surface area contributed by atoms with E-state index in [0.717, 1.165) is 25.3 Å². The minimum atomic E-state index is -3.89. The maximum absolute atomic E-state index is 12.3. The minimum Gasteiger partial charge on any atom is -0.350 e. The number of nitro benzene ring substituents is 1. The van der Waals surface area contributed by atoms with Crippen molar-refractivity contribution in [3.05, 3.63) is 55.8 Å². The fourth-order valence-corrected chi connectivity index (χ4v) is 5.31. The number of benzene rings is 1. The van der Waals surface area contributed by atoms with Crippen LogP contribution in [0.4, 0.5) is 5.69 Å². The molecule has 1 aliphatic rings. The van der Waals surface area contributed by atoms with Gasteiger partial charge < -0.3 is 5.32 Å². The van der Waals surface area contributed by atoms with E-state index in [1.807, 2.05) is 6.07 Å². The van der Waals surface area contributed by atoms with Crippen LogP contribution in [0.1, 0.15) is 33.5 Å². The third kappa shape index (κ3) is 4.75. The lowest BCUT2D eigenvalue weighted by Gasteiger charge is -2.16. The van der Waals surface area contributed by atoms with Gasteiger partial charge in [0.2, 0.25) is 10.0 Å². The number of fused-ring (bicyclic) bond motifs is 1. The molecule has 0 radical (unpaired) electrons. The molecule has 1 amide bonds. The smallest absolute Gasteiger partial charge is 0.270 e. The molecular formula is C18H21N3O5S2. The van der Waals surface area contributed by atoms with Crippen LogP contribution in [-0.2, 0) is 22.9 Å². The van der Waals surface area contributed by atoms with E-state index < -0.39 is 14.9 Å². The molecule has 1 aromatic carbocycles. The van der Waals surface area contributed by atoms with Gasteiger partial charge in [0.15, 0.2) is 0 Å². The molecule has 0 bridgehead atoms. The van der Waals surface area contributed by atoms with Gasteiger partial charge in [0.05, 0.1) is 14.7 Å². The lowest BCUT2D eigenvalue weighted by Crippen LogP contribution is -2.34. The average molecular weight is 424 g/mol. The summed E-state index contributed by atoms with van der Waals surface area (Å²) in [6.07, 6.45) is 3.12. The second-order valence-corrected chi connectivity index (χ2v) is 9.72. The molecule has 28 heavy (non-hydrogen) atoms. The zero-order chi connectivity index (χ0) is 20.3. The minimum absolute atomic E-state index is 0.0150. The van der Waals surface area contributed by atoms with Gasteiger partial charge in [0, 0.05) is 30.1 Å². The summed E-state index contributed by atoms with van der Waals surface area (Å²) in [5, 5.41) is 13.5. The number of sulfonamides is 1. The molecule has 1 heterocycles. The van der Waals surface area contributed by atoms with E-state index in [2.05, 4.69) is 17.0 Å². The number of hydrogen-bond donors (Lipinski definition) is 2. The van der Waals surface area contributed by atoms with E-state index in [4.69, 9.17) is 0 Å². The van der Waals surface area contributed by atoms with Crippen LogP contribution in [0.3, 0.4) is 0 Å². The van der Waals surface area contributed by atoms with Crippen molar-refractivity contribution in [2.75, 3.05) is 13.1 Å². The Balaban J connectivity index is 1.53. The highest BCUT2D eigenvalue weighted by atomic mass is 32.2. The van der Waals surface area contributed by atoms with Crippen molar-refractivity contribution >= 4 is 33.0 Å². The largest absolute Gasteiger partial charge is 0.350 e. The zero-order valence-corrected chi connectivity index (χ0v) is 16.9. The summed E-state index contributed by atoms with van der Waals surface area (Å²) in [6.45, 7) is 2.30. The zero-order valence-electron chi connectivity index (χ0n) is 15.3. The predicted octanol–water partition coefficient (Wildman–Crippen LogP) is 2.49. The van der Waals surface area contributed by atoms with Crippen molar-refractivity contribution in [2.24, 2.45) is 5.92 Å². The van der Waals surface area contributed by atoms with Gasteiger partial charge in [-0.2, -0.15) is 0 Å². The van der Waals surface area contributed by atoms with Crippen molar-refractivity contribution in [2.45, 2.75) is 31.1 Å². The Bertz CT molecular complexity index is 1000. The topological polar surface area (TPSA) is 118 Å². The molecule has 8 nitrogen and oxygen atoms in total. The number of nitro groups is 1. The monoisotopic (exact) mass is 423 g/mol. The van der Waals surface area contributed by atoms with Crippen LogP contribution in [0.15, 0.2) is 35.2 Å². The first-order valence-electron chi connectivity index (χ1n) is 8.90. The second kappa shape index (κ2) is 8.38. The number of amides is 1. The number of carbonyl (C=O) groups excluding carboxylic acids is 1. The Labute approximate surface area is 167 Å². The van der Waals surface area contributed by atoms with Crippen LogP contribution in [-0.4, -0.2) is 32.3 Å². The van der Waals surface area contributed by atoms with Crippen LogP contribution in [0, 0.1) is 16.0 Å². The van der Waals surface area contributed by atoms with Gasteiger partial charge >= 0.3 is 0 Å². The Kier molecular flexibility index (Phi) is 6.11. The highest BCUT2D eigenvalue weighted by molar-refractivity contribution is 7.89. The van der Waals surface area contributed by atoms with E-state index in [1.54, 1.807) is 0 Å². The standard InChI is InChI=1S/C18H21N3O5S2/c1-12-5-6-16-13(9-12)10-17(27-16)18(22)19-7-8-20-28(25,26)15-4-2-3-14(11-15)21(23)24/h2-4,10-12,20H,5-9H2,1H3,(H,19,22). The highest BCUT2D eigenvalue weighted by Gasteiger charge is 2.21. The van der Waals surface area contributed by atoms with Gasteiger partial charge in [-0.3, -0.25) is 14.9 Å². The van der Waals surface area contributed by atoms with Crippen molar-refractivity contribution in [1.82, 2.24) is 10.0 Å². The number of hydrogen-bond acceptors (Lipinski definition) is 6. The molecule has 2 aromatic rings. The first kappa shape index (κ1) is 20.4. The molecule has 0 aliphatic heterocycles. The molecule has 150 valence electrons. The van der Waals surface area contributed by atoms with Gasteiger partial charge in [-0.25, -0.2) is 13.1 Å². The lowest BCUT2D eigenvalue weighted by molar-refractivity contribution is -0.385. The summed E-state index contributed by atoms with van der Waals surface area (Å²) >= 11 is 1.50. The van der Waals surface area contributed by atoms with E-state index in [1.165, 1.54) is 40.0 Å². The average Bonchev–Trinajstić information content (AvgIpc) is 3.08. The van der Waals surface area contributed by atoms with Gasteiger partial charge in [0.1, 0.15) is 0 Å². The number of carbonyl (C=O) groups is 1. The number of thiophene rings is 1. The molecule has 3 rings (SSSR count). The Morgan fingerprint density at radius 3 is 2.86 bits per heavy atom. The number of rotatable bonds is 7. The lowest BCUT2D eigenvalue weighted by atomic mass is 9.90. The SMILES string of the molecule is CC1CCc2sc(C(=O)NCCNS(=O)(=O)c3cccc([N+](=O)[O-])c3)cc2C1. The maximum Gasteiger partial charge on any atom is 0.270 e. The van der Waals surface area contributed by atoms with Crippen LogP contribution >= 0.6 is 11.3 Å². The summed E-state index contributed by atoms with van der Waals surface area (Å²) in [5.41, 5.74) is 0.937. The summed E-state index contributed by atoms with van der Waals surface area (Å²) in [6, 6.07) is 6.75. The molecule has 1 unspecified atom stereocenters. The number of nitrogens with zero attached hydrogens (tertiary/aromatic N) is 1. The predicted molar refractivity (Wildman–Crippen MR) is 106 cm³/mol. The number of non-ortho nitro benzene ring substituents is 1. The number of aryl methyl sites for hydroxylation is 1. The fourth-order valence-electron chi connectivity index (χ4n) is 3.11. The normalized spacial score (nSPS) is 16.4. The molecule has 10 heteroatoms.